The van der Waals surface area contributed by atoms with Gasteiger partial charge in [0.1, 0.15) is 29.8 Å². The normalized spacial score (nSPS) is 14.9. The number of hydrogen-bond acceptors (Lipinski definition) is 7. The molecule has 0 radical (unpaired) electrons. The van der Waals surface area contributed by atoms with Gasteiger partial charge < -0.3 is 24.5 Å². The van der Waals surface area contributed by atoms with E-state index in [0.717, 1.165) is 30.8 Å². The summed E-state index contributed by atoms with van der Waals surface area (Å²) in [5.74, 6) is -3.34. The molecular weight excluding hydrogens is 677 g/mol. The largest absolute Gasteiger partial charge is 0.478 e. The summed E-state index contributed by atoms with van der Waals surface area (Å²) in [6, 6.07) is 12.1. The zero-order chi connectivity index (χ0) is 34.8. The average Bonchev–Trinajstić information content (AvgIpc) is 3.39. The molecule has 49 heavy (non-hydrogen) atoms. The van der Waals surface area contributed by atoms with Crippen LogP contribution in [0.3, 0.4) is 0 Å². The number of benzene rings is 2. The van der Waals surface area contributed by atoms with E-state index in [0.29, 0.717) is 30.0 Å². The molecule has 1 fully saturated rings. The Bertz CT molecular complexity index is 2060. The molecule has 1 aliphatic rings. The van der Waals surface area contributed by atoms with Crippen molar-refractivity contribution in [2.24, 2.45) is 0 Å². The first-order valence-electron chi connectivity index (χ1n) is 14.8. The minimum atomic E-state index is -3.41. The lowest BCUT2D eigenvalue weighted by molar-refractivity contribution is -0.0589. The van der Waals surface area contributed by atoms with Gasteiger partial charge in [0.15, 0.2) is 0 Å². The molecule has 2 atom stereocenters. The number of fused-ring (bicyclic) bond motifs is 1. The Labute approximate surface area is 279 Å². The van der Waals surface area contributed by atoms with E-state index < -0.39 is 41.9 Å². The number of carboxylic acids is 1. The van der Waals surface area contributed by atoms with Crippen molar-refractivity contribution in [3.05, 3.63) is 106 Å². The first-order valence-corrected chi connectivity index (χ1v) is 15.1. The summed E-state index contributed by atoms with van der Waals surface area (Å²) in [4.78, 5) is 36.2. The Morgan fingerprint density at radius 3 is 2.55 bits per heavy atom. The first-order chi connectivity index (χ1) is 23.5. The van der Waals surface area contributed by atoms with Crippen molar-refractivity contribution < 1.29 is 46.1 Å². The molecule has 2 unspecified atom stereocenters. The lowest BCUT2D eigenvalue weighted by Gasteiger charge is -2.27. The smallest absolute Gasteiger partial charge is 0.335 e. The highest BCUT2D eigenvalue weighted by Crippen LogP contribution is 2.29. The number of halogens is 6. The fourth-order valence-corrected chi connectivity index (χ4v) is 5.32. The maximum absolute atomic E-state index is 15.5. The molecule has 0 spiro atoms. The van der Waals surface area contributed by atoms with Crippen molar-refractivity contribution in [3.8, 4) is 17.1 Å². The van der Waals surface area contributed by atoms with Gasteiger partial charge in [0, 0.05) is 36.4 Å². The summed E-state index contributed by atoms with van der Waals surface area (Å²) in [6.07, 6.45) is -4.54. The van der Waals surface area contributed by atoms with Crippen LogP contribution < -0.4 is 10.1 Å². The van der Waals surface area contributed by atoms with E-state index in [2.05, 4.69) is 15.0 Å². The number of amides is 1. The van der Waals surface area contributed by atoms with Gasteiger partial charge in [-0.1, -0.05) is 17.7 Å². The highest BCUT2D eigenvalue weighted by atomic mass is 35.5. The van der Waals surface area contributed by atoms with E-state index >= 15 is 8.78 Å². The van der Waals surface area contributed by atoms with Gasteiger partial charge in [0.25, 0.3) is 12.3 Å². The number of carboxylic acid groups (broad SMARTS) is 1. The number of carbonyl (C=O) groups is 2. The number of imidazole rings is 1. The molecule has 2 N–H and O–H groups in total. The average molecular weight is 702 g/mol. The van der Waals surface area contributed by atoms with Crippen LogP contribution in [0.25, 0.3) is 22.3 Å². The highest BCUT2D eigenvalue weighted by Gasteiger charge is 2.25. The molecule has 0 bridgehead atoms. The van der Waals surface area contributed by atoms with Crippen molar-refractivity contribution in [1.29, 1.82) is 0 Å². The number of hydrogen-bond donors (Lipinski definition) is 2. The standard InChI is InChI=1S/C33H25ClF5N5O5/c34-21-12-26(32(45)43-31(39)30(37)38)40-13-18(21)15-49-29-3-1-2-24(42-29)20-11-22(35)17(8-23(20)36)10-28-41-25-5-4-16(33(46)47)9-27(25)44(28)14-19-6-7-48-19/h1-5,8-9,11-13,19,30-31H,6-7,10,14-15H2,(H,43,45)(H,46,47). The first kappa shape index (κ1) is 33.7. The van der Waals surface area contributed by atoms with Gasteiger partial charge in [-0.05, 0) is 54.4 Å². The molecule has 254 valence electrons. The Morgan fingerprint density at radius 2 is 1.86 bits per heavy atom. The summed E-state index contributed by atoms with van der Waals surface area (Å²) in [7, 11) is 0. The second-order valence-corrected chi connectivity index (χ2v) is 11.5. The zero-order valence-electron chi connectivity index (χ0n) is 25.2. The molecule has 0 saturated carbocycles. The summed E-state index contributed by atoms with van der Waals surface area (Å²) in [5, 5.41) is 10.9. The quantitative estimate of drug-likeness (QED) is 0.113. The molecule has 5 aromatic rings. The lowest BCUT2D eigenvalue weighted by Crippen LogP contribution is -2.36. The lowest BCUT2D eigenvalue weighted by atomic mass is 10.0. The monoisotopic (exact) mass is 701 g/mol. The van der Waals surface area contributed by atoms with Gasteiger partial charge in [-0.25, -0.2) is 36.7 Å². The molecule has 10 nitrogen and oxygen atoms in total. The summed E-state index contributed by atoms with van der Waals surface area (Å²) in [5.41, 5.74) is 0.944. The molecule has 4 heterocycles. The van der Waals surface area contributed by atoms with Crippen LogP contribution in [-0.2, 0) is 24.3 Å². The van der Waals surface area contributed by atoms with Crippen molar-refractivity contribution in [2.75, 3.05) is 6.61 Å². The van der Waals surface area contributed by atoms with E-state index in [9.17, 15) is 27.9 Å². The third-order valence-electron chi connectivity index (χ3n) is 7.77. The number of pyridine rings is 2. The number of alkyl halides is 3. The topological polar surface area (TPSA) is 128 Å². The van der Waals surface area contributed by atoms with Gasteiger partial charge in [0.2, 0.25) is 12.2 Å². The number of aromatic carboxylic acids is 1. The zero-order valence-corrected chi connectivity index (χ0v) is 25.9. The molecule has 2 aromatic carbocycles. The molecule has 6 rings (SSSR count). The molecule has 1 aliphatic heterocycles. The minimum Gasteiger partial charge on any atom is -0.478 e. The van der Waals surface area contributed by atoms with Gasteiger partial charge in [0.05, 0.1) is 40.0 Å². The van der Waals surface area contributed by atoms with Crippen LogP contribution in [0.1, 0.15) is 44.2 Å². The van der Waals surface area contributed by atoms with Crippen LogP contribution in [0.5, 0.6) is 5.88 Å². The van der Waals surface area contributed by atoms with Crippen LogP contribution in [0, 0.1) is 11.6 Å². The number of aromatic nitrogens is 4. The van der Waals surface area contributed by atoms with E-state index in [1.807, 2.05) is 0 Å². The summed E-state index contributed by atoms with van der Waals surface area (Å²) >= 11 is 6.17. The van der Waals surface area contributed by atoms with Crippen LogP contribution in [0.15, 0.2) is 60.8 Å². The molecule has 1 saturated heterocycles. The van der Waals surface area contributed by atoms with Crippen molar-refractivity contribution >= 4 is 34.5 Å². The van der Waals surface area contributed by atoms with E-state index in [-0.39, 0.29) is 58.0 Å². The van der Waals surface area contributed by atoms with Crippen LogP contribution >= 0.6 is 11.6 Å². The second kappa shape index (κ2) is 14.1. The molecule has 16 heteroatoms. The van der Waals surface area contributed by atoms with Gasteiger partial charge in [-0.2, -0.15) is 0 Å². The van der Waals surface area contributed by atoms with Crippen molar-refractivity contribution in [1.82, 2.24) is 24.8 Å². The van der Waals surface area contributed by atoms with E-state index in [1.165, 1.54) is 35.6 Å². The fraction of sp³-hybridized carbons (Fsp3) is 0.242. The Hall–Kier alpha value is -5.15. The predicted molar refractivity (Wildman–Crippen MR) is 165 cm³/mol. The molecular formula is C33H25ClF5N5O5. The fourth-order valence-electron chi connectivity index (χ4n) is 5.12. The Kier molecular flexibility index (Phi) is 9.74. The SMILES string of the molecule is O=C(O)c1ccc2nc(Cc3cc(F)c(-c4cccc(OCc5cnc(C(=O)NC(F)C(F)F)cc5Cl)n4)cc3F)n(CC3CCO3)c2c1. The van der Waals surface area contributed by atoms with Crippen LogP contribution in [-0.4, -0.2) is 61.9 Å². The third kappa shape index (κ3) is 7.47. The molecule has 1 amide bonds. The molecule has 3 aromatic heterocycles. The van der Waals surface area contributed by atoms with Gasteiger partial charge in [-0.3, -0.25) is 9.78 Å². The van der Waals surface area contributed by atoms with Gasteiger partial charge in [-0.15, -0.1) is 0 Å². The van der Waals surface area contributed by atoms with E-state index in [4.69, 9.17) is 21.1 Å². The predicted octanol–water partition coefficient (Wildman–Crippen LogP) is 6.37. The third-order valence-corrected chi connectivity index (χ3v) is 8.12. The van der Waals surface area contributed by atoms with Gasteiger partial charge >= 0.3 is 5.97 Å². The maximum atomic E-state index is 15.5. The highest BCUT2D eigenvalue weighted by molar-refractivity contribution is 6.31. The number of carbonyl (C=O) groups excluding carboxylic acids is 1. The Morgan fingerprint density at radius 1 is 1.06 bits per heavy atom. The van der Waals surface area contributed by atoms with E-state index in [1.54, 1.807) is 10.6 Å². The van der Waals surface area contributed by atoms with Crippen molar-refractivity contribution in [3.63, 3.8) is 0 Å². The maximum Gasteiger partial charge on any atom is 0.335 e. The number of ether oxygens (including phenoxy) is 2. The summed E-state index contributed by atoms with van der Waals surface area (Å²) < 4.78 is 82.0. The Balaban J connectivity index is 1.19. The second-order valence-electron chi connectivity index (χ2n) is 11.0. The number of rotatable bonds is 12. The minimum absolute atomic E-state index is 0.0177. The van der Waals surface area contributed by atoms with Crippen molar-refractivity contribution in [2.45, 2.75) is 44.8 Å². The van der Waals surface area contributed by atoms with Crippen LogP contribution in [0.2, 0.25) is 5.02 Å². The van der Waals surface area contributed by atoms with Crippen LogP contribution in [0.4, 0.5) is 22.0 Å². The number of nitrogens with zero attached hydrogens (tertiary/aromatic N) is 4. The molecule has 0 aliphatic carbocycles. The number of nitrogens with one attached hydrogen (secondary N) is 1. The summed E-state index contributed by atoms with van der Waals surface area (Å²) in [6.45, 7) is 0.752.